The lowest BCUT2D eigenvalue weighted by atomic mass is 10.1. The first-order chi connectivity index (χ1) is 8.62. The molecule has 1 rings (SSSR count). The quantitative estimate of drug-likeness (QED) is 0.771. The molecule has 0 fully saturated rings. The average molecular weight is 306 g/mol. The van der Waals surface area contributed by atoms with Crippen molar-refractivity contribution in [1.82, 2.24) is 4.72 Å². The van der Waals surface area contributed by atoms with E-state index in [9.17, 15) is 16.8 Å². The molecule has 3 N–H and O–H groups in total. The van der Waals surface area contributed by atoms with Crippen LogP contribution in [0.25, 0.3) is 0 Å². The highest BCUT2D eigenvalue weighted by Crippen LogP contribution is 2.15. The summed E-state index contributed by atoms with van der Waals surface area (Å²) in [4.78, 5) is 0.0794. The van der Waals surface area contributed by atoms with Crippen LogP contribution in [0.4, 0.5) is 0 Å². The first-order valence-electron chi connectivity index (χ1n) is 5.65. The largest absolute Gasteiger partial charge is 0.324 e. The minimum Gasteiger partial charge on any atom is -0.324 e. The first kappa shape index (κ1) is 16.1. The molecule has 0 aromatic heterocycles. The van der Waals surface area contributed by atoms with Crippen LogP contribution in [-0.4, -0.2) is 35.4 Å². The Bertz CT molecular complexity index is 636. The van der Waals surface area contributed by atoms with E-state index in [4.69, 9.17) is 5.73 Å². The SMILES string of the molecule is CC(N)c1cccc(S(=O)(=O)NCCS(C)(=O)=O)c1. The Morgan fingerprint density at radius 1 is 1.26 bits per heavy atom. The van der Waals surface area contributed by atoms with Crippen molar-refractivity contribution in [1.29, 1.82) is 0 Å². The van der Waals surface area contributed by atoms with Crippen molar-refractivity contribution in [3.8, 4) is 0 Å². The Morgan fingerprint density at radius 3 is 2.42 bits per heavy atom. The number of nitrogens with one attached hydrogen (secondary N) is 1. The van der Waals surface area contributed by atoms with Gasteiger partial charge in [0.15, 0.2) is 0 Å². The second-order valence-electron chi connectivity index (χ2n) is 4.39. The molecule has 0 aliphatic carbocycles. The molecule has 1 aromatic rings. The zero-order valence-electron chi connectivity index (χ0n) is 10.8. The Balaban J connectivity index is 2.86. The maximum atomic E-state index is 11.9. The van der Waals surface area contributed by atoms with Crippen LogP contribution in [0.3, 0.4) is 0 Å². The molecular weight excluding hydrogens is 288 g/mol. The molecule has 1 unspecified atom stereocenters. The van der Waals surface area contributed by atoms with Crippen molar-refractivity contribution in [3.05, 3.63) is 29.8 Å². The molecule has 0 saturated carbocycles. The van der Waals surface area contributed by atoms with Crippen molar-refractivity contribution in [3.63, 3.8) is 0 Å². The minimum atomic E-state index is -3.71. The molecule has 0 radical (unpaired) electrons. The molecule has 8 heteroatoms. The fourth-order valence-corrected chi connectivity index (χ4v) is 3.10. The Kier molecular flexibility index (Phi) is 5.08. The standard InChI is InChI=1S/C11H18N2O4S2/c1-9(12)10-4-3-5-11(8-10)19(16,17)13-6-7-18(2,14)15/h3-5,8-9,13H,6-7,12H2,1-2H3. The lowest BCUT2D eigenvalue weighted by Crippen LogP contribution is -2.29. The number of benzene rings is 1. The molecule has 0 spiro atoms. The van der Waals surface area contributed by atoms with Gasteiger partial charge < -0.3 is 5.73 Å². The molecule has 108 valence electrons. The highest BCUT2D eigenvalue weighted by molar-refractivity contribution is 7.91. The van der Waals surface area contributed by atoms with Crippen molar-refractivity contribution >= 4 is 19.9 Å². The van der Waals surface area contributed by atoms with E-state index in [-0.39, 0.29) is 23.2 Å². The van der Waals surface area contributed by atoms with E-state index < -0.39 is 19.9 Å². The first-order valence-corrected chi connectivity index (χ1v) is 9.19. The highest BCUT2D eigenvalue weighted by atomic mass is 32.2. The van der Waals surface area contributed by atoms with E-state index in [1.165, 1.54) is 12.1 Å². The topological polar surface area (TPSA) is 106 Å². The normalized spacial score (nSPS) is 14.3. The Labute approximate surface area is 114 Å². The summed E-state index contributed by atoms with van der Waals surface area (Å²) in [7, 11) is -6.91. The lowest BCUT2D eigenvalue weighted by molar-refractivity contribution is 0.581. The van der Waals surface area contributed by atoms with Gasteiger partial charge in [0.1, 0.15) is 9.84 Å². The Morgan fingerprint density at radius 2 is 1.89 bits per heavy atom. The van der Waals surface area contributed by atoms with Gasteiger partial charge in [0.05, 0.1) is 10.6 Å². The third kappa shape index (κ3) is 5.27. The molecule has 1 aromatic carbocycles. The fourth-order valence-electron chi connectivity index (χ4n) is 1.41. The van der Waals surface area contributed by atoms with Crippen molar-refractivity contribution in [2.24, 2.45) is 5.73 Å². The van der Waals surface area contributed by atoms with Gasteiger partial charge in [0.2, 0.25) is 10.0 Å². The lowest BCUT2D eigenvalue weighted by Gasteiger charge is -2.09. The molecule has 0 aliphatic rings. The van der Waals surface area contributed by atoms with E-state index in [0.717, 1.165) is 6.26 Å². The summed E-state index contributed by atoms with van der Waals surface area (Å²) in [5.74, 6) is -0.237. The third-order valence-corrected chi connectivity index (χ3v) is 4.86. The zero-order valence-corrected chi connectivity index (χ0v) is 12.5. The van der Waals surface area contributed by atoms with Crippen LogP contribution in [-0.2, 0) is 19.9 Å². The minimum absolute atomic E-state index is 0.0794. The summed E-state index contributed by atoms with van der Waals surface area (Å²) in [5.41, 5.74) is 6.39. The number of hydrogen-bond acceptors (Lipinski definition) is 5. The van der Waals surface area contributed by atoms with Crippen molar-refractivity contribution < 1.29 is 16.8 Å². The summed E-state index contributed by atoms with van der Waals surface area (Å²) >= 11 is 0. The highest BCUT2D eigenvalue weighted by Gasteiger charge is 2.15. The fraction of sp³-hybridized carbons (Fsp3) is 0.455. The predicted molar refractivity (Wildman–Crippen MR) is 73.9 cm³/mol. The molecule has 0 heterocycles. The smallest absolute Gasteiger partial charge is 0.240 e. The number of nitrogens with two attached hydrogens (primary N) is 1. The number of rotatable bonds is 6. The van der Waals surface area contributed by atoms with Gasteiger partial charge in [-0.2, -0.15) is 0 Å². The van der Waals surface area contributed by atoms with E-state index in [2.05, 4.69) is 4.72 Å². The van der Waals surface area contributed by atoms with Crippen molar-refractivity contribution in [2.45, 2.75) is 17.9 Å². The van der Waals surface area contributed by atoms with Gasteiger partial charge in [-0.05, 0) is 24.6 Å². The van der Waals surface area contributed by atoms with Gasteiger partial charge in [-0.3, -0.25) is 0 Å². The van der Waals surface area contributed by atoms with Gasteiger partial charge in [0.25, 0.3) is 0 Å². The van der Waals surface area contributed by atoms with Crippen LogP contribution in [0, 0.1) is 0 Å². The van der Waals surface area contributed by atoms with Crippen LogP contribution < -0.4 is 10.5 Å². The summed E-state index contributed by atoms with van der Waals surface area (Å²) in [6.45, 7) is 1.60. The molecule has 0 bridgehead atoms. The molecule has 6 nitrogen and oxygen atoms in total. The number of sulfone groups is 1. The van der Waals surface area contributed by atoms with Crippen LogP contribution in [0.2, 0.25) is 0 Å². The van der Waals surface area contributed by atoms with E-state index in [1.54, 1.807) is 19.1 Å². The van der Waals surface area contributed by atoms with E-state index in [1.807, 2.05) is 0 Å². The van der Waals surface area contributed by atoms with Crippen LogP contribution >= 0.6 is 0 Å². The molecule has 0 aliphatic heterocycles. The van der Waals surface area contributed by atoms with Gasteiger partial charge in [0, 0.05) is 18.8 Å². The van der Waals surface area contributed by atoms with Gasteiger partial charge in [-0.1, -0.05) is 12.1 Å². The maximum absolute atomic E-state index is 11.9. The number of hydrogen-bond donors (Lipinski definition) is 2. The molecule has 19 heavy (non-hydrogen) atoms. The van der Waals surface area contributed by atoms with Crippen molar-refractivity contribution in [2.75, 3.05) is 18.6 Å². The molecule has 0 saturated heterocycles. The van der Waals surface area contributed by atoms with Crippen LogP contribution in [0.1, 0.15) is 18.5 Å². The average Bonchev–Trinajstić information content (AvgIpc) is 2.27. The predicted octanol–water partition coefficient (Wildman–Crippen LogP) is 0.0292. The third-order valence-electron chi connectivity index (χ3n) is 2.46. The van der Waals surface area contributed by atoms with Gasteiger partial charge in [-0.25, -0.2) is 21.6 Å². The summed E-state index contributed by atoms with van der Waals surface area (Å²) in [6.07, 6.45) is 1.05. The molecule has 1 atom stereocenters. The zero-order chi connectivity index (χ0) is 14.7. The monoisotopic (exact) mass is 306 g/mol. The van der Waals surface area contributed by atoms with E-state index >= 15 is 0 Å². The van der Waals surface area contributed by atoms with Gasteiger partial charge >= 0.3 is 0 Å². The molecule has 0 amide bonds. The summed E-state index contributed by atoms with van der Waals surface area (Å²) in [5, 5.41) is 0. The van der Waals surface area contributed by atoms with Crippen LogP contribution in [0.15, 0.2) is 29.2 Å². The number of sulfonamides is 1. The Hall–Kier alpha value is -0.960. The van der Waals surface area contributed by atoms with E-state index in [0.29, 0.717) is 5.56 Å². The molecular formula is C11H18N2O4S2. The second kappa shape index (κ2) is 6.00. The summed E-state index contributed by atoms with van der Waals surface area (Å²) < 4.78 is 48.0. The van der Waals surface area contributed by atoms with Gasteiger partial charge in [-0.15, -0.1) is 0 Å². The van der Waals surface area contributed by atoms with Crippen LogP contribution in [0.5, 0.6) is 0 Å². The summed E-state index contributed by atoms with van der Waals surface area (Å²) in [6, 6.07) is 5.98. The second-order valence-corrected chi connectivity index (χ2v) is 8.42. The maximum Gasteiger partial charge on any atom is 0.240 e.